The Morgan fingerprint density at radius 1 is 1.53 bits per heavy atom. The van der Waals surface area contributed by atoms with Gasteiger partial charge >= 0.3 is 0 Å². The van der Waals surface area contributed by atoms with Crippen LogP contribution in [0.1, 0.15) is 13.8 Å². The number of carbonyl (C=O) groups is 1. The Kier molecular flexibility index (Phi) is 3.91. The number of nitrogen functional groups attached to an aromatic ring is 1. The van der Waals surface area contributed by atoms with Crippen LogP contribution in [0.4, 0.5) is 11.5 Å². The van der Waals surface area contributed by atoms with Crippen molar-refractivity contribution in [3.05, 3.63) is 18.3 Å². The molecule has 82 valence electrons. The number of amides is 1. The summed E-state index contributed by atoms with van der Waals surface area (Å²) < 4.78 is 0. The Labute approximate surface area is 89.1 Å². The summed E-state index contributed by atoms with van der Waals surface area (Å²) in [7, 11) is 0. The van der Waals surface area contributed by atoms with Crippen molar-refractivity contribution in [1.29, 1.82) is 0 Å². The molecule has 15 heavy (non-hydrogen) atoms. The number of pyridine rings is 1. The van der Waals surface area contributed by atoms with Gasteiger partial charge in [0.05, 0.1) is 18.4 Å². The predicted molar refractivity (Wildman–Crippen MR) is 60.4 cm³/mol. The minimum Gasteiger partial charge on any atom is -0.397 e. The van der Waals surface area contributed by atoms with Crippen LogP contribution in [0.2, 0.25) is 0 Å². The summed E-state index contributed by atoms with van der Waals surface area (Å²) >= 11 is 0. The van der Waals surface area contributed by atoms with Crippen LogP contribution in [0.15, 0.2) is 18.3 Å². The van der Waals surface area contributed by atoms with Gasteiger partial charge in [0.15, 0.2) is 0 Å². The molecule has 0 aliphatic rings. The topological polar surface area (TPSA) is 80.0 Å². The van der Waals surface area contributed by atoms with Gasteiger partial charge in [-0.2, -0.15) is 0 Å². The summed E-state index contributed by atoms with van der Waals surface area (Å²) in [6.07, 6.45) is 1.54. The first-order valence-electron chi connectivity index (χ1n) is 4.82. The fraction of sp³-hybridized carbons (Fsp3) is 0.400. The number of nitrogens with two attached hydrogens (primary N) is 1. The molecule has 0 radical (unpaired) electrons. The third kappa shape index (κ3) is 4.30. The standard InChI is InChI=1S/C10H16N4O/c1-7(2)14-10(15)6-13-9-4-3-8(11)5-12-9/h3-5,7H,6,11H2,1-2H3,(H,12,13)(H,14,15). The molecule has 1 aromatic rings. The Bertz CT molecular complexity index is 321. The van der Waals surface area contributed by atoms with Gasteiger partial charge in [0.1, 0.15) is 5.82 Å². The number of carbonyl (C=O) groups excluding carboxylic acids is 1. The first-order valence-corrected chi connectivity index (χ1v) is 4.82. The molecular formula is C10H16N4O. The summed E-state index contributed by atoms with van der Waals surface area (Å²) in [5.41, 5.74) is 6.08. The molecule has 0 aliphatic heterocycles. The van der Waals surface area contributed by atoms with Crippen molar-refractivity contribution in [2.45, 2.75) is 19.9 Å². The zero-order valence-corrected chi connectivity index (χ0v) is 8.95. The zero-order valence-electron chi connectivity index (χ0n) is 8.95. The summed E-state index contributed by atoms with van der Waals surface area (Å²) in [6.45, 7) is 4.05. The van der Waals surface area contributed by atoms with Crippen LogP contribution in [0, 0.1) is 0 Å². The van der Waals surface area contributed by atoms with Crippen LogP contribution in [-0.4, -0.2) is 23.5 Å². The van der Waals surface area contributed by atoms with E-state index in [2.05, 4.69) is 15.6 Å². The molecule has 0 saturated heterocycles. The number of nitrogens with one attached hydrogen (secondary N) is 2. The molecule has 0 fully saturated rings. The second-order valence-corrected chi connectivity index (χ2v) is 3.55. The maximum Gasteiger partial charge on any atom is 0.239 e. The molecule has 0 saturated carbocycles. The van der Waals surface area contributed by atoms with E-state index in [0.717, 1.165) is 0 Å². The summed E-state index contributed by atoms with van der Waals surface area (Å²) in [5.74, 6) is 0.590. The molecule has 1 heterocycles. The Balaban J connectivity index is 2.37. The van der Waals surface area contributed by atoms with Gasteiger partial charge in [-0.1, -0.05) is 0 Å². The highest BCUT2D eigenvalue weighted by atomic mass is 16.1. The Morgan fingerprint density at radius 3 is 2.80 bits per heavy atom. The lowest BCUT2D eigenvalue weighted by Crippen LogP contribution is -2.34. The second kappa shape index (κ2) is 5.19. The average Bonchev–Trinajstić information content (AvgIpc) is 2.16. The normalized spacial score (nSPS) is 10.1. The molecule has 1 aromatic heterocycles. The molecule has 0 aromatic carbocycles. The number of aromatic nitrogens is 1. The van der Waals surface area contributed by atoms with Gasteiger partial charge in [0, 0.05) is 6.04 Å². The third-order valence-corrected chi connectivity index (χ3v) is 1.67. The quantitative estimate of drug-likeness (QED) is 0.677. The molecule has 0 unspecified atom stereocenters. The van der Waals surface area contributed by atoms with Gasteiger partial charge in [-0.05, 0) is 26.0 Å². The lowest BCUT2D eigenvalue weighted by Gasteiger charge is -2.09. The van der Waals surface area contributed by atoms with E-state index in [9.17, 15) is 4.79 Å². The summed E-state index contributed by atoms with van der Waals surface area (Å²) in [5, 5.41) is 5.67. The van der Waals surface area contributed by atoms with Crippen molar-refractivity contribution in [2.24, 2.45) is 0 Å². The lowest BCUT2D eigenvalue weighted by atomic mass is 10.4. The first-order chi connectivity index (χ1) is 7.08. The van der Waals surface area contributed by atoms with E-state index in [1.54, 1.807) is 18.3 Å². The van der Waals surface area contributed by atoms with Crippen molar-refractivity contribution in [2.75, 3.05) is 17.6 Å². The van der Waals surface area contributed by atoms with Crippen molar-refractivity contribution in [3.63, 3.8) is 0 Å². The zero-order chi connectivity index (χ0) is 11.3. The third-order valence-electron chi connectivity index (χ3n) is 1.67. The van der Waals surface area contributed by atoms with E-state index in [4.69, 9.17) is 5.73 Å². The van der Waals surface area contributed by atoms with Crippen LogP contribution in [0.25, 0.3) is 0 Å². The molecule has 0 spiro atoms. The van der Waals surface area contributed by atoms with Crippen LogP contribution in [-0.2, 0) is 4.79 Å². The molecule has 0 aliphatic carbocycles. The molecule has 5 heteroatoms. The molecule has 5 nitrogen and oxygen atoms in total. The van der Waals surface area contributed by atoms with Crippen molar-refractivity contribution in [1.82, 2.24) is 10.3 Å². The number of anilines is 2. The molecule has 0 atom stereocenters. The van der Waals surface area contributed by atoms with Crippen LogP contribution in [0.5, 0.6) is 0 Å². The van der Waals surface area contributed by atoms with Crippen LogP contribution < -0.4 is 16.4 Å². The Hall–Kier alpha value is -1.78. The second-order valence-electron chi connectivity index (χ2n) is 3.55. The van der Waals surface area contributed by atoms with Crippen LogP contribution in [0.3, 0.4) is 0 Å². The van der Waals surface area contributed by atoms with Gasteiger partial charge in [-0.15, -0.1) is 0 Å². The highest BCUT2D eigenvalue weighted by Crippen LogP contribution is 2.04. The van der Waals surface area contributed by atoms with E-state index in [0.29, 0.717) is 11.5 Å². The van der Waals surface area contributed by atoms with Crippen molar-refractivity contribution in [3.8, 4) is 0 Å². The maximum absolute atomic E-state index is 11.3. The SMILES string of the molecule is CC(C)NC(=O)CNc1ccc(N)cn1. The van der Waals surface area contributed by atoms with Crippen LogP contribution >= 0.6 is 0 Å². The number of hydrogen-bond acceptors (Lipinski definition) is 4. The molecule has 1 rings (SSSR count). The van der Waals surface area contributed by atoms with Crippen molar-refractivity contribution >= 4 is 17.4 Å². The number of nitrogens with zero attached hydrogens (tertiary/aromatic N) is 1. The average molecular weight is 208 g/mol. The minimum atomic E-state index is -0.0522. The van der Waals surface area contributed by atoms with Crippen molar-refractivity contribution < 1.29 is 4.79 Å². The van der Waals surface area contributed by atoms with E-state index in [1.807, 2.05) is 13.8 Å². The summed E-state index contributed by atoms with van der Waals surface area (Å²) in [6, 6.07) is 3.62. The monoisotopic (exact) mass is 208 g/mol. The highest BCUT2D eigenvalue weighted by molar-refractivity contribution is 5.80. The maximum atomic E-state index is 11.3. The molecule has 4 N–H and O–H groups in total. The fourth-order valence-electron chi connectivity index (χ4n) is 1.05. The van der Waals surface area contributed by atoms with Gasteiger partial charge in [-0.3, -0.25) is 4.79 Å². The first kappa shape index (κ1) is 11.3. The smallest absolute Gasteiger partial charge is 0.239 e. The van der Waals surface area contributed by atoms with Gasteiger partial charge in [-0.25, -0.2) is 4.98 Å². The fourth-order valence-corrected chi connectivity index (χ4v) is 1.05. The summed E-state index contributed by atoms with van der Waals surface area (Å²) in [4.78, 5) is 15.3. The molecule has 0 bridgehead atoms. The predicted octanol–water partition coefficient (Wildman–Crippen LogP) is 0.600. The van der Waals surface area contributed by atoms with E-state index in [-0.39, 0.29) is 18.5 Å². The largest absolute Gasteiger partial charge is 0.397 e. The lowest BCUT2D eigenvalue weighted by molar-refractivity contribution is -0.119. The minimum absolute atomic E-state index is 0.0522. The van der Waals surface area contributed by atoms with Gasteiger partial charge in [0.25, 0.3) is 0 Å². The van der Waals surface area contributed by atoms with E-state index in [1.165, 1.54) is 0 Å². The Morgan fingerprint density at radius 2 is 2.27 bits per heavy atom. The number of rotatable bonds is 4. The van der Waals surface area contributed by atoms with Gasteiger partial charge < -0.3 is 16.4 Å². The molecule has 1 amide bonds. The number of hydrogen-bond donors (Lipinski definition) is 3. The van der Waals surface area contributed by atoms with E-state index >= 15 is 0 Å². The highest BCUT2D eigenvalue weighted by Gasteiger charge is 2.02. The van der Waals surface area contributed by atoms with Gasteiger partial charge in [0.2, 0.25) is 5.91 Å². The molecular weight excluding hydrogens is 192 g/mol. The van der Waals surface area contributed by atoms with E-state index < -0.39 is 0 Å².